The van der Waals surface area contributed by atoms with E-state index in [9.17, 15) is 19.2 Å². The molecule has 1 unspecified atom stereocenters. The van der Waals surface area contributed by atoms with Crippen LogP contribution in [0.3, 0.4) is 0 Å². The predicted octanol–water partition coefficient (Wildman–Crippen LogP) is 3.11. The van der Waals surface area contributed by atoms with E-state index in [0.29, 0.717) is 36.4 Å². The van der Waals surface area contributed by atoms with E-state index in [4.69, 9.17) is 4.74 Å². The van der Waals surface area contributed by atoms with Crippen molar-refractivity contribution in [3.8, 4) is 5.75 Å². The third kappa shape index (κ3) is 5.04. The zero-order valence-corrected chi connectivity index (χ0v) is 24.1. The molecule has 0 spiro atoms. The smallest absolute Gasteiger partial charge is 0.255 e. The summed E-state index contributed by atoms with van der Waals surface area (Å²) in [6.45, 7) is 6.58. The van der Waals surface area contributed by atoms with Gasteiger partial charge < -0.3 is 14.5 Å². The lowest BCUT2D eigenvalue weighted by molar-refractivity contribution is -0.139. The summed E-state index contributed by atoms with van der Waals surface area (Å²) >= 11 is 0. The van der Waals surface area contributed by atoms with Gasteiger partial charge in [0.1, 0.15) is 17.9 Å². The van der Waals surface area contributed by atoms with Crippen LogP contribution < -0.4 is 10.1 Å². The minimum atomic E-state index is -0.603. The Hall–Kier alpha value is -2.94. The van der Waals surface area contributed by atoms with Gasteiger partial charge in [0.15, 0.2) is 0 Å². The van der Waals surface area contributed by atoms with Crippen molar-refractivity contribution in [1.29, 1.82) is 0 Å². The van der Waals surface area contributed by atoms with Crippen LogP contribution in [-0.4, -0.2) is 82.7 Å². The third-order valence-corrected chi connectivity index (χ3v) is 10.9. The maximum atomic E-state index is 13.1. The molecule has 9 heteroatoms. The molecule has 220 valence electrons. The van der Waals surface area contributed by atoms with Crippen LogP contribution in [0.1, 0.15) is 87.1 Å². The molecule has 0 radical (unpaired) electrons. The molecule has 1 aromatic carbocycles. The second kappa shape index (κ2) is 10.4. The van der Waals surface area contributed by atoms with Gasteiger partial charge in [-0.1, -0.05) is 13.3 Å². The quantitative estimate of drug-likeness (QED) is 0.535. The SMILES string of the molecule is CC1(C(=O)N2CCC(C3CN([C@@H]4CCCC[C@@H]4Oc4ccc5c(c4)CN(C4CCC(=O)NC4=O)C5=O)C3)CC2)CC1. The number of fused-ring (bicyclic) bond motifs is 1. The van der Waals surface area contributed by atoms with Crippen LogP contribution in [-0.2, 0) is 20.9 Å². The van der Waals surface area contributed by atoms with Crippen LogP contribution in [0.2, 0.25) is 0 Å². The van der Waals surface area contributed by atoms with E-state index in [1.807, 2.05) is 18.2 Å². The van der Waals surface area contributed by atoms with Gasteiger partial charge in [0, 0.05) is 56.2 Å². The summed E-state index contributed by atoms with van der Waals surface area (Å²) in [6, 6.07) is 5.50. The highest BCUT2D eigenvalue weighted by Gasteiger charge is 2.48. The summed E-state index contributed by atoms with van der Waals surface area (Å²) in [5.74, 6) is 1.79. The maximum absolute atomic E-state index is 13.1. The number of nitrogens with zero attached hydrogens (tertiary/aromatic N) is 3. The first-order valence-corrected chi connectivity index (χ1v) is 15.8. The topological polar surface area (TPSA) is 99.3 Å². The molecule has 9 nitrogen and oxygen atoms in total. The molecule has 6 aliphatic rings. The minimum Gasteiger partial charge on any atom is -0.489 e. The summed E-state index contributed by atoms with van der Waals surface area (Å²) in [5.41, 5.74) is 1.44. The Morgan fingerprint density at radius 1 is 0.976 bits per heavy atom. The van der Waals surface area contributed by atoms with Crippen molar-refractivity contribution < 1.29 is 23.9 Å². The van der Waals surface area contributed by atoms with Crippen LogP contribution in [0.5, 0.6) is 5.75 Å². The van der Waals surface area contributed by atoms with E-state index >= 15 is 0 Å². The summed E-state index contributed by atoms with van der Waals surface area (Å²) in [4.78, 5) is 56.1. The monoisotopic (exact) mass is 562 g/mol. The summed E-state index contributed by atoms with van der Waals surface area (Å²) in [5, 5.41) is 2.37. The third-order valence-electron chi connectivity index (χ3n) is 10.9. The Morgan fingerprint density at radius 3 is 2.46 bits per heavy atom. The van der Waals surface area contributed by atoms with Crippen molar-refractivity contribution in [3.63, 3.8) is 0 Å². The molecular formula is C32H42N4O5. The van der Waals surface area contributed by atoms with E-state index in [0.717, 1.165) is 88.4 Å². The van der Waals surface area contributed by atoms with Crippen molar-refractivity contribution in [1.82, 2.24) is 20.0 Å². The average molecular weight is 563 g/mol. The molecule has 3 atom stereocenters. The summed E-state index contributed by atoms with van der Waals surface area (Å²) < 4.78 is 6.62. The fourth-order valence-corrected chi connectivity index (χ4v) is 7.91. The first-order chi connectivity index (χ1) is 19.8. The van der Waals surface area contributed by atoms with Gasteiger partial charge in [-0.25, -0.2) is 0 Å². The van der Waals surface area contributed by atoms with E-state index < -0.39 is 6.04 Å². The number of likely N-dealkylation sites (tertiary alicyclic amines) is 2. The molecule has 2 aliphatic carbocycles. The van der Waals surface area contributed by atoms with Gasteiger partial charge in [0.25, 0.3) is 5.91 Å². The molecule has 5 fully saturated rings. The summed E-state index contributed by atoms with van der Waals surface area (Å²) in [7, 11) is 0. The van der Waals surface area contributed by atoms with Crippen LogP contribution in [0.25, 0.3) is 0 Å². The van der Waals surface area contributed by atoms with Crippen molar-refractivity contribution >= 4 is 23.6 Å². The molecule has 1 aromatic rings. The van der Waals surface area contributed by atoms with Gasteiger partial charge in [-0.05, 0) is 87.0 Å². The predicted molar refractivity (Wildman–Crippen MR) is 151 cm³/mol. The lowest BCUT2D eigenvalue weighted by Crippen LogP contribution is -2.60. The first kappa shape index (κ1) is 26.9. The summed E-state index contributed by atoms with van der Waals surface area (Å²) in [6.07, 6.45) is 9.69. The standard InChI is InChI=1S/C32H42N4O5/c1-32(12-13-32)31(40)34-14-10-20(11-15-34)22-17-35(18-22)25-4-2-3-5-27(25)41-23-6-7-24-21(16-23)19-36(30(24)39)26-8-9-28(37)33-29(26)38/h6-7,16,20,22,25-27H,2-5,8-15,17-19H2,1H3,(H,33,37,38)/t25-,26?,27+/m1/s1. The van der Waals surface area contributed by atoms with Crippen molar-refractivity contribution in [2.24, 2.45) is 17.3 Å². The minimum absolute atomic E-state index is 0.0581. The number of hydrogen-bond donors (Lipinski definition) is 1. The molecule has 0 aromatic heterocycles. The lowest BCUT2D eigenvalue weighted by atomic mass is 9.77. The first-order valence-electron chi connectivity index (χ1n) is 15.8. The van der Waals surface area contributed by atoms with Crippen molar-refractivity contribution in [2.75, 3.05) is 26.2 Å². The van der Waals surface area contributed by atoms with Crippen LogP contribution in [0.15, 0.2) is 18.2 Å². The molecule has 7 rings (SSSR count). The number of hydrogen-bond acceptors (Lipinski definition) is 6. The van der Waals surface area contributed by atoms with Gasteiger partial charge in [-0.2, -0.15) is 0 Å². The highest BCUT2D eigenvalue weighted by molar-refractivity contribution is 6.05. The van der Waals surface area contributed by atoms with Crippen molar-refractivity contribution in [2.45, 2.75) is 95.9 Å². The molecule has 4 heterocycles. The van der Waals surface area contributed by atoms with Gasteiger partial charge in [-0.15, -0.1) is 0 Å². The Morgan fingerprint density at radius 2 is 1.73 bits per heavy atom. The second-order valence-corrected chi connectivity index (χ2v) is 13.6. The Bertz CT molecular complexity index is 1250. The zero-order chi connectivity index (χ0) is 28.3. The largest absolute Gasteiger partial charge is 0.489 e. The van der Waals surface area contributed by atoms with Gasteiger partial charge in [0.05, 0.1) is 0 Å². The lowest BCUT2D eigenvalue weighted by Gasteiger charge is -2.51. The van der Waals surface area contributed by atoms with Gasteiger partial charge >= 0.3 is 0 Å². The van der Waals surface area contributed by atoms with Gasteiger partial charge in [-0.3, -0.25) is 29.4 Å². The molecule has 3 saturated heterocycles. The van der Waals surface area contributed by atoms with E-state index in [2.05, 4.69) is 22.0 Å². The van der Waals surface area contributed by atoms with E-state index in [1.54, 1.807) is 4.90 Å². The van der Waals surface area contributed by atoms with Crippen LogP contribution >= 0.6 is 0 Å². The number of nitrogens with one attached hydrogen (secondary N) is 1. The number of amides is 4. The highest BCUT2D eigenvalue weighted by Crippen LogP contribution is 2.47. The maximum Gasteiger partial charge on any atom is 0.255 e. The van der Waals surface area contributed by atoms with Gasteiger partial charge in [0.2, 0.25) is 17.7 Å². The molecule has 41 heavy (non-hydrogen) atoms. The number of benzene rings is 1. The molecule has 0 bridgehead atoms. The number of ether oxygens (including phenoxy) is 1. The molecule has 2 saturated carbocycles. The van der Waals surface area contributed by atoms with E-state index in [-0.39, 0.29) is 35.7 Å². The average Bonchev–Trinajstić information content (AvgIpc) is 3.62. The number of carbonyl (C=O) groups is 4. The Kier molecular flexibility index (Phi) is 6.83. The zero-order valence-electron chi connectivity index (χ0n) is 24.1. The molecule has 4 aliphatic heterocycles. The van der Waals surface area contributed by atoms with Crippen LogP contribution in [0, 0.1) is 17.3 Å². The second-order valence-electron chi connectivity index (χ2n) is 13.6. The number of piperidine rings is 2. The fraction of sp³-hybridized carbons (Fsp3) is 0.688. The Balaban J connectivity index is 0.940. The van der Waals surface area contributed by atoms with Crippen molar-refractivity contribution in [3.05, 3.63) is 29.3 Å². The van der Waals surface area contributed by atoms with Crippen LogP contribution in [0.4, 0.5) is 0 Å². The normalized spacial score (nSPS) is 30.6. The number of carbonyl (C=O) groups excluding carboxylic acids is 4. The van der Waals surface area contributed by atoms with E-state index in [1.165, 1.54) is 6.42 Å². The molecule has 4 amide bonds. The number of rotatable bonds is 6. The highest BCUT2D eigenvalue weighted by atomic mass is 16.5. The number of imide groups is 1. The fourth-order valence-electron chi connectivity index (χ4n) is 7.91. The molecule has 1 N–H and O–H groups in total. The Labute approximate surface area is 241 Å². The molecular weight excluding hydrogens is 520 g/mol.